The summed E-state index contributed by atoms with van der Waals surface area (Å²) in [6.07, 6.45) is 3.53. The Morgan fingerprint density at radius 1 is 1.27 bits per heavy atom. The number of benzene rings is 1. The zero-order valence-electron chi connectivity index (χ0n) is 16.2. The lowest BCUT2D eigenvalue weighted by molar-refractivity contribution is 0.132. The molecule has 0 amide bonds. The van der Waals surface area contributed by atoms with Gasteiger partial charge in [0, 0.05) is 32.4 Å². The maximum Gasteiger partial charge on any atom is 0.242 e. The van der Waals surface area contributed by atoms with Gasteiger partial charge in [0.25, 0.3) is 0 Å². The van der Waals surface area contributed by atoms with Gasteiger partial charge in [0.15, 0.2) is 5.11 Å². The second-order valence-corrected chi connectivity index (χ2v) is 11.6. The van der Waals surface area contributed by atoms with Gasteiger partial charge in [-0.3, -0.25) is 0 Å². The molecule has 26 heavy (non-hydrogen) atoms. The molecule has 144 valence electrons. The minimum Gasteiger partial charge on any atom is -0.345 e. The molecule has 2 bridgehead atoms. The molecule has 1 aliphatic heterocycles. The number of nitrogens with one attached hydrogen (secondary N) is 1. The van der Waals surface area contributed by atoms with Gasteiger partial charge in [0.05, 0.1) is 4.90 Å². The lowest BCUT2D eigenvalue weighted by Gasteiger charge is -2.39. The van der Waals surface area contributed by atoms with Crippen molar-refractivity contribution in [1.82, 2.24) is 9.21 Å². The number of nitrogens with zero attached hydrogens (tertiary/aromatic N) is 2. The Labute approximate surface area is 162 Å². The maximum absolute atomic E-state index is 12.3. The van der Waals surface area contributed by atoms with Gasteiger partial charge < -0.3 is 10.2 Å². The zero-order chi connectivity index (χ0) is 19.3. The fourth-order valence-corrected chi connectivity index (χ4v) is 6.12. The quantitative estimate of drug-likeness (QED) is 0.794. The van der Waals surface area contributed by atoms with Crippen molar-refractivity contribution in [3.05, 3.63) is 24.3 Å². The van der Waals surface area contributed by atoms with Crippen LogP contribution in [0.25, 0.3) is 0 Å². The minimum atomic E-state index is -3.46. The Morgan fingerprint density at radius 2 is 1.96 bits per heavy atom. The Hall–Kier alpha value is -1.18. The first-order chi connectivity index (χ1) is 11.9. The lowest BCUT2D eigenvalue weighted by Crippen LogP contribution is -2.40. The highest BCUT2D eigenvalue weighted by Gasteiger charge is 2.50. The van der Waals surface area contributed by atoms with Gasteiger partial charge in [-0.15, -0.1) is 0 Å². The predicted molar refractivity (Wildman–Crippen MR) is 110 cm³/mol. The van der Waals surface area contributed by atoms with Crippen LogP contribution < -0.4 is 5.32 Å². The van der Waals surface area contributed by atoms with E-state index in [4.69, 9.17) is 12.2 Å². The number of fused-ring (bicyclic) bond motifs is 2. The molecule has 0 unspecified atom stereocenters. The molecule has 1 aliphatic carbocycles. The van der Waals surface area contributed by atoms with Crippen LogP contribution in [-0.4, -0.2) is 49.4 Å². The molecule has 0 aromatic heterocycles. The van der Waals surface area contributed by atoms with Crippen molar-refractivity contribution >= 4 is 33.0 Å². The highest BCUT2D eigenvalue weighted by molar-refractivity contribution is 7.89. The topological polar surface area (TPSA) is 52.7 Å². The van der Waals surface area contributed by atoms with Gasteiger partial charge in [0.1, 0.15) is 0 Å². The minimum absolute atomic E-state index is 0.267. The summed E-state index contributed by atoms with van der Waals surface area (Å²) >= 11 is 5.69. The second-order valence-electron chi connectivity index (χ2n) is 9.09. The van der Waals surface area contributed by atoms with Crippen LogP contribution in [0.5, 0.6) is 0 Å². The van der Waals surface area contributed by atoms with Crippen molar-refractivity contribution in [2.24, 2.45) is 10.8 Å². The van der Waals surface area contributed by atoms with Crippen molar-refractivity contribution < 1.29 is 8.42 Å². The lowest BCUT2D eigenvalue weighted by atomic mass is 9.65. The first-order valence-corrected chi connectivity index (χ1v) is 10.9. The third kappa shape index (κ3) is 3.75. The Morgan fingerprint density at radius 3 is 2.62 bits per heavy atom. The number of anilines is 1. The number of sulfonamides is 1. The van der Waals surface area contributed by atoms with Crippen molar-refractivity contribution in [3.63, 3.8) is 0 Å². The fraction of sp³-hybridized carbons (Fsp3) is 0.632. The Kier molecular flexibility index (Phi) is 4.86. The molecule has 0 spiro atoms. The van der Waals surface area contributed by atoms with Crippen LogP contribution in [0.1, 0.15) is 40.0 Å². The van der Waals surface area contributed by atoms with Gasteiger partial charge in [0.2, 0.25) is 10.0 Å². The van der Waals surface area contributed by atoms with E-state index < -0.39 is 10.0 Å². The monoisotopic (exact) mass is 395 g/mol. The summed E-state index contributed by atoms with van der Waals surface area (Å²) in [4.78, 5) is 2.57. The van der Waals surface area contributed by atoms with E-state index in [0.717, 1.165) is 13.0 Å². The van der Waals surface area contributed by atoms with E-state index in [9.17, 15) is 8.42 Å². The Bertz CT molecular complexity index is 820. The molecule has 1 aromatic carbocycles. The highest BCUT2D eigenvalue weighted by atomic mass is 32.2. The van der Waals surface area contributed by atoms with E-state index in [1.807, 2.05) is 6.07 Å². The number of hydrogen-bond acceptors (Lipinski definition) is 3. The summed E-state index contributed by atoms with van der Waals surface area (Å²) in [5.41, 5.74) is 1.35. The first-order valence-electron chi connectivity index (χ1n) is 9.02. The number of hydrogen-bond donors (Lipinski definition) is 1. The molecule has 7 heteroatoms. The standard InChI is InChI=1S/C19H29N3O2S2/c1-18(2)10-15-11-19(3,12-18)13-22(15)17(25)20-14-7-6-8-16(9-14)26(23,24)21(4)5/h6-9,15H,10-13H2,1-5H3,(H,20,25)/t15-,19+/m1/s1. The van der Waals surface area contributed by atoms with E-state index in [-0.39, 0.29) is 4.90 Å². The number of likely N-dealkylation sites (tertiary alicyclic amines) is 1. The maximum atomic E-state index is 12.3. The van der Waals surface area contributed by atoms with Crippen molar-refractivity contribution in [2.45, 2.75) is 51.0 Å². The van der Waals surface area contributed by atoms with Crippen LogP contribution in [0.4, 0.5) is 5.69 Å². The molecular formula is C19H29N3O2S2. The average Bonchev–Trinajstić information content (AvgIpc) is 2.76. The summed E-state index contributed by atoms with van der Waals surface area (Å²) in [6.45, 7) is 8.00. The smallest absolute Gasteiger partial charge is 0.242 e. The second kappa shape index (κ2) is 6.46. The van der Waals surface area contributed by atoms with Gasteiger partial charge in [-0.25, -0.2) is 12.7 Å². The molecule has 2 aliphatic rings. The molecule has 1 N–H and O–H groups in total. The third-order valence-corrected chi connectivity index (χ3v) is 7.69. The van der Waals surface area contributed by atoms with Gasteiger partial charge in [-0.2, -0.15) is 0 Å². The highest BCUT2D eigenvalue weighted by Crippen LogP contribution is 2.52. The molecule has 2 fully saturated rings. The fourth-order valence-electron chi connectivity index (χ4n) is 4.84. The van der Waals surface area contributed by atoms with E-state index in [1.165, 1.54) is 31.2 Å². The van der Waals surface area contributed by atoms with Crippen molar-refractivity contribution in [3.8, 4) is 0 Å². The summed E-state index contributed by atoms with van der Waals surface area (Å²) in [6, 6.07) is 7.31. The molecule has 5 nitrogen and oxygen atoms in total. The summed E-state index contributed by atoms with van der Waals surface area (Å²) in [7, 11) is -0.388. The summed E-state index contributed by atoms with van der Waals surface area (Å²) < 4.78 is 25.9. The van der Waals surface area contributed by atoms with Crippen molar-refractivity contribution in [2.75, 3.05) is 26.0 Å². The van der Waals surface area contributed by atoms with Gasteiger partial charge >= 0.3 is 0 Å². The molecule has 2 atom stereocenters. The van der Waals surface area contributed by atoms with Crippen LogP contribution in [0.3, 0.4) is 0 Å². The largest absolute Gasteiger partial charge is 0.345 e. The van der Waals surface area contributed by atoms with Crippen molar-refractivity contribution in [1.29, 1.82) is 0 Å². The van der Waals surface area contributed by atoms with Crippen LogP contribution in [0.2, 0.25) is 0 Å². The Balaban J connectivity index is 1.78. The normalized spacial score (nSPS) is 27.6. The first kappa shape index (κ1) is 19.6. The third-order valence-electron chi connectivity index (χ3n) is 5.54. The van der Waals surface area contributed by atoms with Crippen LogP contribution in [0.15, 0.2) is 29.2 Å². The summed E-state index contributed by atoms with van der Waals surface area (Å²) in [5, 5.41) is 3.96. The van der Waals surface area contributed by atoms with Crippen LogP contribution >= 0.6 is 12.2 Å². The van der Waals surface area contributed by atoms with E-state index in [2.05, 4.69) is 31.0 Å². The number of rotatable bonds is 3. The zero-order valence-corrected chi connectivity index (χ0v) is 17.9. The molecule has 1 saturated heterocycles. The summed E-state index contributed by atoms with van der Waals surface area (Å²) in [5.74, 6) is 0. The number of thiocarbonyl (C=S) groups is 1. The van der Waals surface area contributed by atoms with Crippen LogP contribution in [0, 0.1) is 10.8 Å². The average molecular weight is 396 g/mol. The predicted octanol–water partition coefficient (Wildman–Crippen LogP) is 3.53. The van der Waals surface area contributed by atoms with Gasteiger partial charge in [-0.1, -0.05) is 26.8 Å². The molecule has 0 radical (unpaired) electrons. The van der Waals surface area contributed by atoms with Crippen LogP contribution in [-0.2, 0) is 10.0 Å². The molecule has 1 heterocycles. The molecule has 1 aromatic rings. The van der Waals surface area contributed by atoms with E-state index in [0.29, 0.717) is 27.7 Å². The molecule has 1 saturated carbocycles. The van der Waals surface area contributed by atoms with E-state index >= 15 is 0 Å². The van der Waals surface area contributed by atoms with Gasteiger partial charge in [-0.05, 0) is 60.5 Å². The SMILES string of the molecule is CN(C)S(=O)(=O)c1cccc(NC(=S)N2C[C@@]3(C)C[C@H]2CC(C)(C)C3)c1. The molecule has 3 rings (SSSR count). The van der Waals surface area contributed by atoms with E-state index in [1.54, 1.807) is 18.2 Å². The molecular weight excluding hydrogens is 366 g/mol.